The molecule has 3 aromatic carbocycles. The van der Waals surface area contributed by atoms with E-state index >= 15 is 0 Å². The van der Waals surface area contributed by atoms with Gasteiger partial charge in [-0.25, -0.2) is 14.4 Å². The number of aromatic nitrogens is 2. The van der Waals surface area contributed by atoms with E-state index in [0.717, 1.165) is 17.0 Å². The molecule has 4 rings (SSSR count). The summed E-state index contributed by atoms with van der Waals surface area (Å²) in [6, 6.07) is 21.6. The third-order valence-corrected chi connectivity index (χ3v) is 5.27. The molecule has 0 aliphatic rings. The first-order chi connectivity index (χ1) is 17.5. The molecule has 0 fully saturated rings. The van der Waals surface area contributed by atoms with Crippen LogP contribution in [0.3, 0.4) is 0 Å². The van der Waals surface area contributed by atoms with Crippen molar-refractivity contribution in [3.63, 3.8) is 0 Å². The molecule has 0 saturated carbocycles. The number of hydrogen-bond acceptors (Lipinski definition) is 6. The molecule has 0 radical (unpaired) electrons. The van der Waals surface area contributed by atoms with Gasteiger partial charge in [-0.15, -0.1) is 0 Å². The normalized spacial score (nSPS) is 10.4. The van der Waals surface area contributed by atoms with Crippen LogP contribution in [0.1, 0.15) is 20.7 Å². The Kier molecular flexibility index (Phi) is 7.82. The summed E-state index contributed by atoms with van der Waals surface area (Å²) in [5.41, 5.74) is 3.23. The molecule has 2 amide bonds. The number of rotatable bonds is 9. The van der Waals surface area contributed by atoms with Crippen molar-refractivity contribution in [2.75, 3.05) is 25.5 Å². The molecule has 182 valence electrons. The van der Waals surface area contributed by atoms with Crippen LogP contribution in [0.4, 0.5) is 15.9 Å². The Balaban J connectivity index is 1.29. The highest BCUT2D eigenvalue weighted by Crippen LogP contribution is 2.23. The van der Waals surface area contributed by atoms with Crippen LogP contribution in [-0.4, -0.2) is 42.0 Å². The molecule has 9 heteroatoms. The van der Waals surface area contributed by atoms with Gasteiger partial charge in [-0.05, 0) is 60.7 Å². The molecule has 0 aliphatic heterocycles. The number of amides is 2. The predicted octanol–water partition coefficient (Wildman–Crippen LogP) is 4.19. The minimum absolute atomic E-state index is 0.241. The minimum atomic E-state index is -0.407. The smallest absolute Gasteiger partial charge is 0.251 e. The number of anilines is 2. The van der Waals surface area contributed by atoms with E-state index in [1.54, 1.807) is 19.2 Å². The Morgan fingerprint density at radius 2 is 1.39 bits per heavy atom. The molecule has 1 heterocycles. The van der Waals surface area contributed by atoms with Crippen molar-refractivity contribution in [1.29, 1.82) is 0 Å². The molecule has 36 heavy (non-hydrogen) atoms. The highest BCUT2D eigenvalue weighted by atomic mass is 19.1. The number of nitrogens with zero attached hydrogens (tertiary/aromatic N) is 2. The highest BCUT2D eigenvalue weighted by Gasteiger charge is 2.09. The van der Waals surface area contributed by atoms with E-state index < -0.39 is 5.82 Å². The zero-order chi connectivity index (χ0) is 25.3. The van der Waals surface area contributed by atoms with Gasteiger partial charge in [-0.3, -0.25) is 9.59 Å². The van der Waals surface area contributed by atoms with Gasteiger partial charge < -0.3 is 20.7 Å². The summed E-state index contributed by atoms with van der Waals surface area (Å²) in [6.45, 7) is 0.491. The van der Waals surface area contributed by atoms with Gasteiger partial charge >= 0.3 is 0 Å². The molecule has 0 aliphatic carbocycles. The largest absolute Gasteiger partial charge is 0.497 e. The number of hydrogen-bond donors (Lipinski definition) is 3. The topological polar surface area (TPSA) is 105 Å². The van der Waals surface area contributed by atoms with Gasteiger partial charge in [-0.2, -0.15) is 0 Å². The Morgan fingerprint density at radius 1 is 0.806 bits per heavy atom. The van der Waals surface area contributed by atoms with Crippen molar-refractivity contribution in [2.24, 2.45) is 0 Å². The zero-order valence-electron chi connectivity index (χ0n) is 19.5. The lowest BCUT2D eigenvalue weighted by atomic mass is 10.1. The van der Waals surface area contributed by atoms with E-state index in [1.807, 2.05) is 42.5 Å². The van der Waals surface area contributed by atoms with Crippen LogP contribution in [0, 0.1) is 5.82 Å². The number of carbonyl (C=O) groups excluding carboxylic acids is 2. The molecule has 8 nitrogen and oxygen atoms in total. The predicted molar refractivity (Wildman–Crippen MR) is 135 cm³/mol. The summed E-state index contributed by atoms with van der Waals surface area (Å²) >= 11 is 0. The molecule has 4 aromatic rings. The fourth-order valence-corrected chi connectivity index (χ4v) is 3.36. The average molecular weight is 486 g/mol. The molecular formula is C27H24FN5O3. The standard InChI is InChI=1S/C27H24FN5O3/c1-36-23-12-10-22(11-13-23)33-25-16-24(31-17-32-25)18-2-4-19(5-3-18)26(34)29-14-15-30-27(35)20-6-8-21(28)9-7-20/h2-13,16-17H,14-15H2,1H3,(H,29,34)(H,30,35)(H,31,32,33). The van der Waals surface area contributed by atoms with E-state index in [0.29, 0.717) is 22.6 Å². The van der Waals surface area contributed by atoms with Crippen LogP contribution < -0.4 is 20.7 Å². The molecule has 3 N–H and O–H groups in total. The van der Waals surface area contributed by atoms with Crippen LogP contribution in [0.2, 0.25) is 0 Å². The van der Waals surface area contributed by atoms with Crippen molar-refractivity contribution in [2.45, 2.75) is 0 Å². The first-order valence-corrected chi connectivity index (χ1v) is 11.2. The molecule has 1 aromatic heterocycles. The average Bonchev–Trinajstić information content (AvgIpc) is 2.92. The highest BCUT2D eigenvalue weighted by molar-refractivity contribution is 5.95. The maximum Gasteiger partial charge on any atom is 0.251 e. The van der Waals surface area contributed by atoms with Gasteiger partial charge in [0.2, 0.25) is 0 Å². The van der Waals surface area contributed by atoms with E-state index in [9.17, 15) is 14.0 Å². The van der Waals surface area contributed by atoms with E-state index in [2.05, 4.69) is 25.9 Å². The van der Waals surface area contributed by atoms with Gasteiger partial charge in [0.1, 0.15) is 23.7 Å². The van der Waals surface area contributed by atoms with Crippen LogP contribution >= 0.6 is 0 Å². The Hall–Kier alpha value is -4.79. The molecule has 0 atom stereocenters. The van der Waals surface area contributed by atoms with Crippen LogP contribution in [-0.2, 0) is 0 Å². The Morgan fingerprint density at radius 3 is 1.97 bits per heavy atom. The summed E-state index contributed by atoms with van der Waals surface area (Å²) in [4.78, 5) is 33.1. The molecule has 0 spiro atoms. The third kappa shape index (κ3) is 6.41. The summed E-state index contributed by atoms with van der Waals surface area (Å²) in [6.07, 6.45) is 1.47. The number of methoxy groups -OCH3 is 1. The second-order valence-electron chi connectivity index (χ2n) is 7.74. The fourth-order valence-electron chi connectivity index (χ4n) is 3.36. The lowest BCUT2D eigenvalue weighted by Crippen LogP contribution is -2.34. The van der Waals surface area contributed by atoms with Crippen LogP contribution in [0.25, 0.3) is 11.3 Å². The molecule has 0 unspecified atom stereocenters. The van der Waals surface area contributed by atoms with E-state index in [-0.39, 0.29) is 24.9 Å². The number of halogens is 1. The monoisotopic (exact) mass is 485 g/mol. The lowest BCUT2D eigenvalue weighted by Gasteiger charge is -2.09. The molecule has 0 saturated heterocycles. The second-order valence-corrected chi connectivity index (χ2v) is 7.74. The first-order valence-electron chi connectivity index (χ1n) is 11.2. The van der Waals surface area contributed by atoms with Gasteiger partial charge in [0.25, 0.3) is 11.8 Å². The fraction of sp³-hybridized carbons (Fsp3) is 0.111. The summed E-state index contributed by atoms with van der Waals surface area (Å²) in [5, 5.41) is 8.67. The number of carbonyl (C=O) groups is 2. The quantitative estimate of drug-likeness (QED) is 0.307. The van der Waals surface area contributed by atoms with Crippen LogP contribution in [0.15, 0.2) is 85.2 Å². The van der Waals surface area contributed by atoms with Crippen molar-refractivity contribution in [3.8, 4) is 17.0 Å². The maximum absolute atomic E-state index is 13.0. The van der Waals surface area contributed by atoms with Gasteiger partial charge in [0, 0.05) is 41.5 Å². The minimum Gasteiger partial charge on any atom is -0.497 e. The Labute approximate surface area is 207 Å². The number of nitrogens with one attached hydrogen (secondary N) is 3. The summed E-state index contributed by atoms with van der Waals surface area (Å²) in [7, 11) is 1.62. The third-order valence-electron chi connectivity index (χ3n) is 5.27. The summed E-state index contributed by atoms with van der Waals surface area (Å²) in [5.74, 6) is 0.397. The molecular weight excluding hydrogens is 461 g/mol. The van der Waals surface area contributed by atoms with E-state index in [4.69, 9.17) is 4.74 Å². The number of benzene rings is 3. The van der Waals surface area contributed by atoms with E-state index in [1.165, 1.54) is 30.6 Å². The van der Waals surface area contributed by atoms with Crippen molar-refractivity contribution in [1.82, 2.24) is 20.6 Å². The Bertz CT molecular complexity index is 1330. The van der Waals surface area contributed by atoms with Gasteiger partial charge in [0.05, 0.1) is 12.8 Å². The van der Waals surface area contributed by atoms with Gasteiger partial charge in [-0.1, -0.05) is 12.1 Å². The maximum atomic E-state index is 13.0. The second kappa shape index (κ2) is 11.6. The zero-order valence-corrected chi connectivity index (χ0v) is 19.5. The SMILES string of the molecule is COc1ccc(Nc2cc(-c3ccc(C(=O)NCCNC(=O)c4ccc(F)cc4)cc3)ncn2)cc1. The van der Waals surface area contributed by atoms with Crippen molar-refractivity contribution in [3.05, 3.63) is 102 Å². The summed E-state index contributed by atoms with van der Waals surface area (Å²) < 4.78 is 18.1. The van der Waals surface area contributed by atoms with Crippen LogP contribution in [0.5, 0.6) is 5.75 Å². The first kappa shape index (κ1) is 24.3. The molecule has 0 bridgehead atoms. The van der Waals surface area contributed by atoms with Crippen molar-refractivity contribution < 1.29 is 18.7 Å². The lowest BCUT2D eigenvalue weighted by molar-refractivity contribution is 0.0927. The number of ether oxygens (including phenoxy) is 1. The van der Waals surface area contributed by atoms with Crippen molar-refractivity contribution >= 4 is 23.3 Å². The van der Waals surface area contributed by atoms with Gasteiger partial charge in [0.15, 0.2) is 0 Å².